The van der Waals surface area contributed by atoms with Crippen molar-refractivity contribution < 1.29 is 4.79 Å². The molecule has 24 heavy (non-hydrogen) atoms. The minimum absolute atomic E-state index is 0.0996. The van der Waals surface area contributed by atoms with Crippen molar-refractivity contribution in [1.82, 2.24) is 14.5 Å². The summed E-state index contributed by atoms with van der Waals surface area (Å²) in [4.78, 5) is 29.9. The first-order valence-corrected chi connectivity index (χ1v) is 7.65. The number of aromatic nitrogens is 3. The van der Waals surface area contributed by atoms with E-state index in [2.05, 4.69) is 15.3 Å². The quantitative estimate of drug-likeness (QED) is 0.542. The number of aryl methyl sites for hydroxylation is 1. The third-order valence-electron chi connectivity index (χ3n) is 4.21. The molecule has 0 bridgehead atoms. The van der Waals surface area contributed by atoms with E-state index in [1.807, 2.05) is 36.5 Å². The average Bonchev–Trinajstić information content (AvgIpc) is 3.09. The van der Waals surface area contributed by atoms with Crippen LogP contribution in [0.15, 0.2) is 53.5 Å². The van der Waals surface area contributed by atoms with Gasteiger partial charge in [-0.3, -0.25) is 9.36 Å². The van der Waals surface area contributed by atoms with Gasteiger partial charge in [0.15, 0.2) is 0 Å². The molecule has 0 saturated heterocycles. The molecule has 4 aromatic rings. The molecule has 3 N–H and O–H groups in total. The second-order valence-corrected chi connectivity index (χ2v) is 5.81. The molecule has 2 aromatic carbocycles. The Morgan fingerprint density at radius 1 is 1.17 bits per heavy atom. The largest absolute Gasteiger partial charge is 0.361 e. The van der Waals surface area contributed by atoms with Crippen molar-refractivity contribution in [3.8, 4) is 0 Å². The Kier molecular flexibility index (Phi) is 3.23. The van der Waals surface area contributed by atoms with Gasteiger partial charge >= 0.3 is 5.69 Å². The van der Waals surface area contributed by atoms with Gasteiger partial charge < -0.3 is 15.3 Å². The Bertz CT molecular complexity index is 1120. The van der Waals surface area contributed by atoms with Crippen LogP contribution in [0.4, 0.5) is 5.69 Å². The Hall–Kier alpha value is -3.28. The van der Waals surface area contributed by atoms with Crippen LogP contribution < -0.4 is 11.0 Å². The average molecular weight is 320 g/mol. The lowest BCUT2D eigenvalue weighted by molar-refractivity contribution is -0.115. The van der Waals surface area contributed by atoms with E-state index in [1.165, 1.54) is 4.57 Å². The number of anilines is 1. The Labute approximate surface area is 137 Å². The van der Waals surface area contributed by atoms with E-state index in [0.717, 1.165) is 22.0 Å². The number of imidazole rings is 1. The molecule has 4 rings (SSSR count). The normalized spacial score (nSPS) is 11.2. The van der Waals surface area contributed by atoms with Crippen LogP contribution in [0.2, 0.25) is 0 Å². The number of amides is 1. The molecule has 2 aromatic heterocycles. The van der Waals surface area contributed by atoms with Crippen LogP contribution >= 0.6 is 0 Å². The van der Waals surface area contributed by atoms with Crippen LogP contribution in [0.3, 0.4) is 0 Å². The highest BCUT2D eigenvalue weighted by molar-refractivity contribution is 5.97. The molecule has 0 aliphatic rings. The molecule has 0 fully saturated rings. The summed E-state index contributed by atoms with van der Waals surface area (Å²) in [7, 11) is 1.70. The molecule has 0 unspecified atom stereocenters. The number of para-hydroxylation sites is 1. The van der Waals surface area contributed by atoms with Crippen LogP contribution in [0.5, 0.6) is 0 Å². The van der Waals surface area contributed by atoms with Gasteiger partial charge in [0, 0.05) is 29.8 Å². The summed E-state index contributed by atoms with van der Waals surface area (Å²) in [6.45, 7) is 0. The van der Waals surface area contributed by atoms with Crippen LogP contribution in [0.1, 0.15) is 5.56 Å². The molecule has 0 saturated carbocycles. The lowest BCUT2D eigenvalue weighted by Crippen LogP contribution is -2.14. The van der Waals surface area contributed by atoms with Crippen molar-refractivity contribution in [3.63, 3.8) is 0 Å². The van der Waals surface area contributed by atoms with Crippen molar-refractivity contribution in [2.45, 2.75) is 6.42 Å². The van der Waals surface area contributed by atoms with Crippen molar-refractivity contribution >= 4 is 33.5 Å². The fraction of sp³-hybridized carbons (Fsp3) is 0.111. The second kappa shape index (κ2) is 5.42. The highest BCUT2D eigenvalue weighted by Crippen LogP contribution is 2.20. The number of carbonyl (C=O) groups excluding carboxylic acids is 1. The number of fused-ring (bicyclic) bond motifs is 2. The molecule has 0 atom stereocenters. The molecule has 0 aliphatic heterocycles. The number of rotatable bonds is 3. The van der Waals surface area contributed by atoms with Gasteiger partial charge in [0.2, 0.25) is 5.91 Å². The first-order chi connectivity index (χ1) is 11.6. The highest BCUT2D eigenvalue weighted by Gasteiger charge is 2.10. The van der Waals surface area contributed by atoms with E-state index in [0.29, 0.717) is 11.2 Å². The standard InChI is InChI=1S/C18H16N4O2/c1-22-16-7-6-12(9-15(16)21-18(22)24)20-17(23)8-11-10-19-14-5-3-2-4-13(11)14/h2-7,9-10,19H,8H2,1H3,(H,20,23)(H,21,24). The summed E-state index contributed by atoms with van der Waals surface area (Å²) in [5.41, 5.74) is 3.96. The number of H-pyrrole nitrogens is 2. The number of benzene rings is 2. The summed E-state index contributed by atoms with van der Waals surface area (Å²) >= 11 is 0. The third-order valence-corrected chi connectivity index (χ3v) is 4.21. The molecule has 0 aliphatic carbocycles. The van der Waals surface area contributed by atoms with E-state index in [-0.39, 0.29) is 18.0 Å². The van der Waals surface area contributed by atoms with Crippen LogP contribution in [0.25, 0.3) is 21.9 Å². The molecular weight excluding hydrogens is 304 g/mol. The maximum Gasteiger partial charge on any atom is 0.326 e. The predicted molar refractivity (Wildman–Crippen MR) is 94.2 cm³/mol. The zero-order valence-corrected chi connectivity index (χ0v) is 13.1. The van der Waals surface area contributed by atoms with Gasteiger partial charge in [-0.25, -0.2) is 4.79 Å². The van der Waals surface area contributed by atoms with Gasteiger partial charge in [0.05, 0.1) is 17.5 Å². The maximum absolute atomic E-state index is 12.3. The van der Waals surface area contributed by atoms with Gasteiger partial charge in [-0.2, -0.15) is 0 Å². The van der Waals surface area contributed by atoms with Gasteiger partial charge in [-0.05, 0) is 29.8 Å². The zero-order chi connectivity index (χ0) is 16.7. The molecule has 0 spiro atoms. The van der Waals surface area contributed by atoms with Crippen molar-refractivity contribution in [2.75, 3.05) is 5.32 Å². The van der Waals surface area contributed by atoms with Gasteiger partial charge in [0.1, 0.15) is 0 Å². The third kappa shape index (κ3) is 2.38. The molecule has 1 amide bonds. The molecule has 6 nitrogen and oxygen atoms in total. The SMILES string of the molecule is Cn1c(=O)[nH]c2cc(NC(=O)Cc3c[nH]c4ccccc34)ccc21. The summed E-state index contributed by atoms with van der Waals surface area (Å²) in [6.07, 6.45) is 2.15. The number of nitrogens with zero attached hydrogens (tertiary/aromatic N) is 1. The minimum Gasteiger partial charge on any atom is -0.361 e. The number of carbonyl (C=O) groups is 1. The maximum atomic E-state index is 12.3. The Morgan fingerprint density at radius 3 is 2.88 bits per heavy atom. The molecule has 2 heterocycles. The van der Waals surface area contributed by atoms with Gasteiger partial charge in [-0.1, -0.05) is 18.2 Å². The van der Waals surface area contributed by atoms with Gasteiger partial charge in [0.25, 0.3) is 0 Å². The number of nitrogens with one attached hydrogen (secondary N) is 3. The van der Waals surface area contributed by atoms with Crippen molar-refractivity contribution in [3.05, 3.63) is 64.7 Å². The molecule has 6 heteroatoms. The zero-order valence-electron chi connectivity index (χ0n) is 13.1. The van der Waals surface area contributed by atoms with E-state index < -0.39 is 0 Å². The van der Waals surface area contributed by atoms with E-state index in [1.54, 1.807) is 19.2 Å². The minimum atomic E-state index is -0.174. The van der Waals surface area contributed by atoms with Crippen LogP contribution in [0, 0.1) is 0 Å². The Balaban J connectivity index is 1.56. The summed E-state index contributed by atoms with van der Waals surface area (Å²) in [5.74, 6) is -0.0996. The lowest BCUT2D eigenvalue weighted by atomic mass is 10.1. The number of hydrogen-bond donors (Lipinski definition) is 3. The Morgan fingerprint density at radius 2 is 2.00 bits per heavy atom. The van der Waals surface area contributed by atoms with E-state index >= 15 is 0 Å². The molecule has 120 valence electrons. The number of aromatic amines is 2. The molecular formula is C18H16N4O2. The highest BCUT2D eigenvalue weighted by atomic mass is 16.2. The van der Waals surface area contributed by atoms with E-state index in [4.69, 9.17) is 0 Å². The fourth-order valence-electron chi connectivity index (χ4n) is 2.97. The molecule has 0 radical (unpaired) electrons. The fourth-order valence-corrected chi connectivity index (χ4v) is 2.97. The summed E-state index contributed by atoms with van der Waals surface area (Å²) in [5, 5.41) is 3.93. The van der Waals surface area contributed by atoms with Crippen LogP contribution in [-0.4, -0.2) is 20.4 Å². The van der Waals surface area contributed by atoms with Gasteiger partial charge in [-0.15, -0.1) is 0 Å². The van der Waals surface area contributed by atoms with E-state index in [9.17, 15) is 9.59 Å². The van der Waals surface area contributed by atoms with Crippen molar-refractivity contribution in [1.29, 1.82) is 0 Å². The first-order valence-electron chi connectivity index (χ1n) is 7.65. The number of hydrogen-bond acceptors (Lipinski definition) is 2. The van der Waals surface area contributed by atoms with Crippen LogP contribution in [-0.2, 0) is 18.3 Å². The summed E-state index contributed by atoms with van der Waals surface area (Å²) in [6, 6.07) is 13.3. The first kappa shape index (κ1) is 14.3. The topological polar surface area (TPSA) is 82.7 Å². The second-order valence-electron chi connectivity index (χ2n) is 5.81. The smallest absolute Gasteiger partial charge is 0.326 e. The lowest BCUT2D eigenvalue weighted by Gasteiger charge is -2.05. The summed E-state index contributed by atoms with van der Waals surface area (Å²) < 4.78 is 1.53. The monoisotopic (exact) mass is 320 g/mol. The van der Waals surface area contributed by atoms with Crippen molar-refractivity contribution in [2.24, 2.45) is 7.05 Å². The predicted octanol–water partition coefficient (Wildman–Crippen LogP) is 2.53.